The van der Waals surface area contributed by atoms with E-state index in [2.05, 4.69) is 17.0 Å². The van der Waals surface area contributed by atoms with Crippen molar-refractivity contribution in [2.24, 2.45) is 0 Å². The van der Waals surface area contributed by atoms with Crippen LogP contribution in [-0.4, -0.2) is 12.6 Å². The first-order chi connectivity index (χ1) is 7.34. The maximum Gasteiger partial charge on any atom is 0.0410 e. The first-order valence-corrected chi connectivity index (χ1v) is 6.27. The van der Waals surface area contributed by atoms with E-state index in [0.29, 0.717) is 0 Å². The van der Waals surface area contributed by atoms with Crippen LogP contribution in [0.5, 0.6) is 0 Å². The van der Waals surface area contributed by atoms with Gasteiger partial charge in [-0.25, -0.2) is 0 Å². The monoisotopic (exact) mass is 221 g/mol. The molecule has 2 heteroatoms. The zero-order chi connectivity index (χ0) is 10.3. The van der Waals surface area contributed by atoms with Crippen LogP contribution in [-0.2, 0) is 6.42 Å². The minimum Gasteiger partial charge on any atom is -0.368 e. The smallest absolute Gasteiger partial charge is 0.0410 e. The number of rotatable bonds is 1. The Morgan fingerprint density at radius 2 is 2.07 bits per heavy atom. The number of nitrogens with zero attached hydrogens (tertiary/aromatic N) is 1. The summed E-state index contributed by atoms with van der Waals surface area (Å²) in [5.41, 5.74) is 2.89. The highest BCUT2D eigenvalue weighted by atomic mass is 35.5. The fraction of sp³-hybridized carbons (Fsp3) is 0.538. The molecule has 0 N–H and O–H groups in total. The van der Waals surface area contributed by atoms with Gasteiger partial charge >= 0.3 is 0 Å². The summed E-state index contributed by atoms with van der Waals surface area (Å²) in [4.78, 5) is 2.60. The summed E-state index contributed by atoms with van der Waals surface area (Å²) >= 11 is 6.03. The Hall–Kier alpha value is -0.690. The molecule has 0 aromatic heterocycles. The summed E-state index contributed by atoms with van der Waals surface area (Å²) < 4.78 is 0. The van der Waals surface area contributed by atoms with E-state index in [1.54, 1.807) is 0 Å². The molecule has 15 heavy (non-hydrogen) atoms. The van der Waals surface area contributed by atoms with Crippen molar-refractivity contribution in [1.82, 2.24) is 0 Å². The van der Waals surface area contributed by atoms with Crippen molar-refractivity contribution in [3.05, 3.63) is 28.8 Å². The highest BCUT2D eigenvalue weighted by molar-refractivity contribution is 6.30. The van der Waals surface area contributed by atoms with Crippen LogP contribution >= 0.6 is 11.6 Å². The molecule has 1 nitrogen and oxygen atoms in total. The SMILES string of the molecule is Clc1ccc2c(c1)CCCN2C1CCC1. The molecule has 0 bridgehead atoms. The normalized spacial score (nSPS) is 21.0. The van der Waals surface area contributed by atoms with Crippen molar-refractivity contribution in [2.75, 3.05) is 11.4 Å². The molecular formula is C13H16ClN. The molecular weight excluding hydrogens is 206 g/mol. The number of benzene rings is 1. The summed E-state index contributed by atoms with van der Waals surface area (Å²) in [6.07, 6.45) is 6.64. The lowest BCUT2D eigenvalue weighted by Crippen LogP contribution is -2.43. The number of hydrogen-bond acceptors (Lipinski definition) is 1. The van der Waals surface area contributed by atoms with E-state index in [1.165, 1.54) is 49.9 Å². The molecule has 0 saturated heterocycles. The van der Waals surface area contributed by atoms with Crippen LogP contribution < -0.4 is 4.90 Å². The summed E-state index contributed by atoms with van der Waals surface area (Å²) in [6.45, 7) is 1.24. The Labute approximate surface area is 96.0 Å². The molecule has 1 heterocycles. The van der Waals surface area contributed by atoms with E-state index in [4.69, 9.17) is 11.6 Å². The van der Waals surface area contributed by atoms with E-state index in [-0.39, 0.29) is 0 Å². The number of halogens is 1. The van der Waals surface area contributed by atoms with E-state index in [9.17, 15) is 0 Å². The van der Waals surface area contributed by atoms with Crippen LogP contribution in [0, 0.1) is 0 Å². The van der Waals surface area contributed by atoms with E-state index < -0.39 is 0 Å². The third-order valence-electron chi connectivity index (χ3n) is 3.71. The number of hydrogen-bond donors (Lipinski definition) is 0. The molecule has 0 spiro atoms. The van der Waals surface area contributed by atoms with Gasteiger partial charge in [-0.05, 0) is 55.9 Å². The zero-order valence-electron chi connectivity index (χ0n) is 8.88. The second-order valence-electron chi connectivity index (χ2n) is 4.65. The summed E-state index contributed by atoms with van der Waals surface area (Å²) in [5, 5.41) is 0.879. The number of anilines is 1. The quantitative estimate of drug-likeness (QED) is 0.700. The Kier molecular flexibility index (Phi) is 2.36. The van der Waals surface area contributed by atoms with E-state index >= 15 is 0 Å². The van der Waals surface area contributed by atoms with Gasteiger partial charge in [0.05, 0.1) is 0 Å². The van der Waals surface area contributed by atoms with Crippen molar-refractivity contribution in [3.8, 4) is 0 Å². The minimum atomic E-state index is 0.810. The molecule has 0 unspecified atom stereocenters. The molecule has 0 amide bonds. The molecule has 1 aliphatic carbocycles. The van der Waals surface area contributed by atoms with Crippen molar-refractivity contribution in [1.29, 1.82) is 0 Å². The van der Waals surface area contributed by atoms with Crippen LogP contribution in [0.2, 0.25) is 5.02 Å². The van der Waals surface area contributed by atoms with Crippen molar-refractivity contribution in [3.63, 3.8) is 0 Å². The van der Waals surface area contributed by atoms with Gasteiger partial charge in [0, 0.05) is 23.3 Å². The largest absolute Gasteiger partial charge is 0.368 e. The first-order valence-electron chi connectivity index (χ1n) is 5.90. The predicted molar refractivity (Wildman–Crippen MR) is 64.8 cm³/mol. The average molecular weight is 222 g/mol. The summed E-state index contributed by atoms with van der Waals surface area (Å²) in [7, 11) is 0. The van der Waals surface area contributed by atoms with Gasteiger partial charge in [0.2, 0.25) is 0 Å². The standard InChI is InChI=1S/C13H16ClN/c14-11-6-7-13-10(9-11)3-2-8-15(13)12-4-1-5-12/h6-7,9,12H,1-5,8H2. The number of aryl methyl sites for hydroxylation is 1. The second kappa shape index (κ2) is 3.71. The van der Waals surface area contributed by atoms with Gasteiger partial charge in [0.15, 0.2) is 0 Å². The lowest BCUT2D eigenvalue weighted by molar-refractivity contribution is 0.379. The van der Waals surface area contributed by atoms with Crippen LogP contribution in [0.15, 0.2) is 18.2 Å². The summed E-state index contributed by atoms with van der Waals surface area (Å²) in [6, 6.07) is 7.18. The minimum absolute atomic E-state index is 0.810. The first kappa shape index (κ1) is 9.53. The third kappa shape index (κ3) is 1.63. The molecule has 1 fully saturated rings. The Bertz CT molecular complexity index is 371. The van der Waals surface area contributed by atoms with Crippen molar-refractivity contribution in [2.45, 2.75) is 38.1 Å². The highest BCUT2D eigenvalue weighted by Crippen LogP contribution is 2.36. The summed E-state index contributed by atoms with van der Waals surface area (Å²) in [5.74, 6) is 0. The molecule has 1 saturated carbocycles. The highest BCUT2D eigenvalue weighted by Gasteiger charge is 2.28. The molecule has 1 aliphatic heterocycles. The van der Waals surface area contributed by atoms with Gasteiger partial charge in [0.25, 0.3) is 0 Å². The lowest BCUT2D eigenvalue weighted by atomic mass is 9.88. The molecule has 80 valence electrons. The van der Waals surface area contributed by atoms with Gasteiger partial charge in [-0.15, -0.1) is 0 Å². The molecule has 0 radical (unpaired) electrons. The molecule has 3 rings (SSSR count). The zero-order valence-corrected chi connectivity index (χ0v) is 9.63. The second-order valence-corrected chi connectivity index (χ2v) is 5.09. The van der Waals surface area contributed by atoms with Gasteiger partial charge < -0.3 is 4.90 Å². The van der Waals surface area contributed by atoms with Gasteiger partial charge in [-0.2, -0.15) is 0 Å². The predicted octanol–water partition coefficient (Wildman–Crippen LogP) is 3.65. The fourth-order valence-corrected chi connectivity index (χ4v) is 2.87. The third-order valence-corrected chi connectivity index (χ3v) is 3.95. The van der Waals surface area contributed by atoms with Crippen LogP contribution in [0.3, 0.4) is 0 Å². The van der Waals surface area contributed by atoms with Crippen molar-refractivity contribution < 1.29 is 0 Å². The topological polar surface area (TPSA) is 3.24 Å². The van der Waals surface area contributed by atoms with Crippen LogP contribution in [0.25, 0.3) is 0 Å². The fourth-order valence-electron chi connectivity index (χ4n) is 2.67. The number of fused-ring (bicyclic) bond motifs is 1. The van der Waals surface area contributed by atoms with E-state index in [0.717, 1.165) is 11.1 Å². The van der Waals surface area contributed by atoms with Crippen molar-refractivity contribution >= 4 is 17.3 Å². The Morgan fingerprint density at radius 3 is 2.80 bits per heavy atom. The molecule has 1 aromatic carbocycles. The van der Waals surface area contributed by atoms with Crippen LogP contribution in [0.4, 0.5) is 5.69 Å². The van der Waals surface area contributed by atoms with E-state index in [1.807, 2.05) is 6.07 Å². The maximum atomic E-state index is 6.03. The van der Waals surface area contributed by atoms with Crippen LogP contribution in [0.1, 0.15) is 31.2 Å². The Balaban J connectivity index is 1.95. The van der Waals surface area contributed by atoms with Gasteiger partial charge in [0.1, 0.15) is 0 Å². The molecule has 0 atom stereocenters. The average Bonchev–Trinajstić information content (AvgIpc) is 2.15. The lowest BCUT2D eigenvalue weighted by Gasteiger charge is -2.42. The van der Waals surface area contributed by atoms with Gasteiger partial charge in [-0.3, -0.25) is 0 Å². The molecule has 2 aliphatic rings. The maximum absolute atomic E-state index is 6.03. The van der Waals surface area contributed by atoms with Gasteiger partial charge in [-0.1, -0.05) is 11.6 Å². The molecule has 1 aromatic rings. The Morgan fingerprint density at radius 1 is 1.20 bits per heavy atom.